The van der Waals surface area contributed by atoms with Gasteiger partial charge in [-0.15, -0.1) is 0 Å². The molecule has 0 amide bonds. The van der Waals surface area contributed by atoms with E-state index in [2.05, 4.69) is 37.3 Å². The van der Waals surface area contributed by atoms with Gasteiger partial charge in [0.1, 0.15) is 0 Å². The van der Waals surface area contributed by atoms with Crippen molar-refractivity contribution >= 4 is 5.69 Å². The number of nitrogens with two attached hydrogens (primary N) is 1. The molecule has 2 N–H and O–H groups in total. The molecule has 0 aromatic heterocycles. The number of anilines is 1. The molecule has 20 heavy (non-hydrogen) atoms. The normalized spacial score (nSPS) is 17.8. The Morgan fingerprint density at radius 3 is 2.90 bits per heavy atom. The summed E-state index contributed by atoms with van der Waals surface area (Å²) in [6.07, 6.45) is 3.71. The predicted octanol–water partition coefficient (Wildman–Crippen LogP) is 4.17. The van der Waals surface area contributed by atoms with E-state index in [0.29, 0.717) is 6.61 Å². The maximum absolute atomic E-state index is 6.18. The van der Waals surface area contributed by atoms with Crippen molar-refractivity contribution in [3.05, 3.63) is 64.7 Å². The Kier molecular flexibility index (Phi) is 3.75. The largest absolute Gasteiger partial charge is 0.399 e. The number of benzene rings is 2. The number of fused-ring (bicyclic) bond motifs is 1. The van der Waals surface area contributed by atoms with E-state index >= 15 is 0 Å². The van der Waals surface area contributed by atoms with Gasteiger partial charge in [0.2, 0.25) is 0 Å². The Hall–Kier alpha value is -1.80. The number of nitrogen functional groups attached to an aromatic ring is 1. The molecule has 1 atom stereocenters. The third-order valence-electron chi connectivity index (χ3n) is 4.24. The van der Waals surface area contributed by atoms with Crippen molar-refractivity contribution in [3.8, 4) is 0 Å². The van der Waals surface area contributed by atoms with Crippen LogP contribution < -0.4 is 5.73 Å². The van der Waals surface area contributed by atoms with Gasteiger partial charge in [0.05, 0.1) is 12.7 Å². The van der Waals surface area contributed by atoms with Gasteiger partial charge >= 0.3 is 0 Å². The van der Waals surface area contributed by atoms with Crippen LogP contribution in [0.3, 0.4) is 0 Å². The highest BCUT2D eigenvalue weighted by molar-refractivity contribution is 5.49. The van der Waals surface area contributed by atoms with Crippen LogP contribution in [0, 0.1) is 6.92 Å². The molecule has 0 heterocycles. The maximum Gasteiger partial charge on any atom is 0.0832 e. The SMILES string of the molecule is Cc1c(N)cccc1COC1CCCc2ccccc21. The molecule has 2 aromatic carbocycles. The summed E-state index contributed by atoms with van der Waals surface area (Å²) in [5.74, 6) is 0. The van der Waals surface area contributed by atoms with Gasteiger partial charge in [-0.2, -0.15) is 0 Å². The van der Waals surface area contributed by atoms with Crippen LogP contribution >= 0.6 is 0 Å². The highest BCUT2D eigenvalue weighted by Gasteiger charge is 2.20. The lowest BCUT2D eigenvalue weighted by molar-refractivity contribution is 0.0280. The van der Waals surface area contributed by atoms with Crippen molar-refractivity contribution in [1.29, 1.82) is 0 Å². The minimum absolute atomic E-state index is 0.223. The molecule has 0 fully saturated rings. The van der Waals surface area contributed by atoms with E-state index in [1.54, 1.807) is 0 Å². The second kappa shape index (κ2) is 5.68. The molecule has 0 saturated carbocycles. The van der Waals surface area contributed by atoms with Crippen LogP contribution in [0.4, 0.5) is 5.69 Å². The fourth-order valence-corrected chi connectivity index (χ4v) is 2.93. The van der Waals surface area contributed by atoms with Crippen LogP contribution in [-0.4, -0.2) is 0 Å². The van der Waals surface area contributed by atoms with Gasteiger partial charge in [0, 0.05) is 5.69 Å². The van der Waals surface area contributed by atoms with E-state index in [9.17, 15) is 0 Å². The molecule has 2 nitrogen and oxygen atoms in total. The molecule has 1 unspecified atom stereocenters. The van der Waals surface area contributed by atoms with Gasteiger partial charge in [-0.25, -0.2) is 0 Å². The first-order chi connectivity index (χ1) is 9.75. The molecule has 1 aliphatic carbocycles. The quantitative estimate of drug-likeness (QED) is 0.847. The first kappa shape index (κ1) is 13.2. The summed E-state index contributed by atoms with van der Waals surface area (Å²) in [7, 11) is 0. The lowest BCUT2D eigenvalue weighted by atomic mass is 9.89. The minimum Gasteiger partial charge on any atom is -0.399 e. The van der Waals surface area contributed by atoms with Gasteiger partial charge in [-0.05, 0) is 54.5 Å². The molecule has 0 radical (unpaired) electrons. The van der Waals surface area contributed by atoms with Gasteiger partial charge in [-0.1, -0.05) is 36.4 Å². The van der Waals surface area contributed by atoms with Crippen molar-refractivity contribution in [2.75, 3.05) is 5.73 Å². The van der Waals surface area contributed by atoms with Gasteiger partial charge in [0.15, 0.2) is 0 Å². The van der Waals surface area contributed by atoms with Gasteiger partial charge in [-0.3, -0.25) is 0 Å². The lowest BCUT2D eigenvalue weighted by Crippen LogP contribution is -2.13. The fraction of sp³-hybridized carbons (Fsp3) is 0.333. The van der Waals surface area contributed by atoms with E-state index < -0.39 is 0 Å². The molecule has 104 valence electrons. The van der Waals surface area contributed by atoms with Crippen molar-refractivity contribution in [2.24, 2.45) is 0 Å². The average Bonchev–Trinajstić information content (AvgIpc) is 2.49. The fourth-order valence-electron chi connectivity index (χ4n) is 2.93. The molecular weight excluding hydrogens is 246 g/mol. The first-order valence-corrected chi connectivity index (χ1v) is 7.29. The topological polar surface area (TPSA) is 35.2 Å². The highest BCUT2D eigenvalue weighted by atomic mass is 16.5. The van der Waals surface area contributed by atoms with Crippen LogP contribution in [-0.2, 0) is 17.8 Å². The molecule has 1 aliphatic rings. The number of hydrogen-bond acceptors (Lipinski definition) is 2. The molecule has 0 saturated heterocycles. The number of hydrogen-bond donors (Lipinski definition) is 1. The Morgan fingerprint density at radius 1 is 1.15 bits per heavy atom. The third kappa shape index (κ3) is 2.56. The number of rotatable bonds is 3. The van der Waals surface area contributed by atoms with Crippen LogP contribution in [0.25, 0.3) is 0 Å². The van der Waals surface area contributed by atoms with E-state index in [1.165, 1.54) is 29.5 Å². The number of aryl methyl sites for hydroxylation is 1. The summed E-state index contributed by atoms with van der Waals surface area (Å²) in [6, 6.07) is 14.7. The smallest absolute Gasteiger partial charge is 0.0832 e. The van der Waals surface area contributed by atoms with Crippen molar-refractivity contribution in [2.45, 2.75) is 38.9 Å². The Bertz CT molecular complexity index is 606. The molecular formula is C18H21NO. The third-order valence-corrected chi connectivity index (χ3v) is 4.24. The van der Waals surface area contributed by atoms with E-state index in [0.717, 1.165) is 17.7 Å². The van der Waals surface area contributed by atoms with Crippen molar-refractivity contribution in [1.82, 2.24) is 0 Å². The van der Waals surface area contributed by atoms with Crippen LogP contribution in [0.1, 0.15) is 41.2 Å². The molecule has 2 aromatic rings. The molecule has 3 rings (SSSR count). The zero-order chi connectivity index (χ0) is 13.9. The minimum atomic E-state index is 0.223. The van der Waals surface area contributed by atoms with Gasteiger partial charge in [0.25, 0.3) is 0 Å². The Labute approximate surface area is 120 Å². The molecule has 0 spiro atoms. The zero-order valence-electron chi connectivity index (χ0n) is 11.9. The second-order valence-electron chi connectivity index (χ2n) is 5.52. The second-order valence-corrected chi connectivity index (χ2v) is 5.52. The van der Waals surface area contributed by atoms with Gasteiger partial charge < -0.3 is 10.5 Å². The summed E-state index contributed by atoms with van der Waals surface area (Å²) < 4.78 is 6.18. The standard InChI is InChI=1S/C18H21NO/c1-13-15(8-4-10-17(13)19)12-20-18-11-5-7-14-6-2-3-9-16(14)18/h2-4,6,8-10,18H,5,7,11-12,19H2,1H3. The summed E-state index contributed by atoms with van der Waals surface area (Å²) in [4.78, 5) is 0. The molecule has 2 heteroatoms. The average molecular weight is 267 g/mol. The Balaban J connectivity index is 1.75. The summed E-state index contributed by atoms with van der Waals surface area (Å²) in [5, 5.41) is 0. The van der Waals surface area contributed by atoms with Crippen LogP contribution in [0.15, 0.2) is 42.5 Å². The highest BCUT2D eigenvalue weighted by Crippen LogP contribution is 2.33. The molecule has 0 bridgehead atoms. The number of ether oxygens (including phenoxy) is 1. The first-order valence-electron chi connectivity index (χ1n) is 7.29. The monoisotopic (exact) mass is 267 g/mol. The summed E-state index contributed by atoms with van der Waals surface area (Å²) in [5.41, 5.74) is 11.9. The van der Waals surface area contributed by atoms with Crippen molar-refractivity contribution in [3.63, 3.8) is 0 Å². The van der Waals surface area contributed by atoms with Crippen LogP contribution in [0.2, 0.25) is 0 Å². The van der Waals surface area contributed by atoms with E-state index in [4.69, 9.17) is 10.5 Å². The Morgan fingerprint density at radius 2 is 2.00 bits per heavy atom. The predicted molar refractivity (Wildman–Crippen MR) is 82.5 cm³/mol. The molecule has 0 aliphatic heterocycles. The van der Waals surface area contributed by atoms with Crippen LogP contribution in [0.5, 0.6) is 0 Å². The lowest BCUT2D eigenvalue weighted by Gasteiger charge is -2.26. The van der Waals surface area contributed by atoms with Crippen molar-refractivity contribution < 1.29 is 4.74 Å². The summed E-state index contributed by atoms with van der Waals surface area (Å²) in [6.45, 7) is 2.69. The maximum atomic E-state index is 6.18. The summed E-state index contributed by atoms with van der Waals surface area (Å²) >= 11 is 0. The van der Waals surface area contributed by atoms with E-state index in [-0.39, 0.29) is 6.10 Å². The zero-order valence-corrected chi connectivity index (χ0v) is 11.9. The van der Waals surface area contributed by atoms with E-state index in [1.807, 2.05) is 12.1 Å².